The quantitative estimate of drug-likeness (QED) is 0.777. The van der Waals surface area contributed by atoms with Crippen molar-refractivity contribution in [3.05, 3.63) is 54.7 Å². The Morgan fingerprint density at radius 1 is 1.19 bits per heavy atom. The van der Waals surface area contributed by atoms with Crippen LogP contribution < -0.4 is 5.32 Å². The molecule has 3 aromatic rings. The van der Waals surface area contributed by atoms with E-state index in [1.807, 2.05) is 0 Å². The molecule has 0 aliphatic carbocycles. The molecule has 26 heavy (non-hydrogen) atoms. The summed E-state index contributed by atoms with van der Waals surface area (Å²) in [5.74, 6) is -0.346. The number of nitrogens with one attached hydrogen (secondary N) is 1. The first-order valence-corrected chi connectivity index (χ1v) is 8.53. The Hall–Kier alpha value is -3.29. The third-order valence-corrected chi connectivity index (χ3v) is 4.53. The number of fused-ring (bicyclic) bond motifs is 1. The second kappa shape index (κ2) is 6.91. The molecule has 1 atom stereocenters. The smallest absolute Gasteiger partial charge is 0.256 e. The zero-order valence-electron chi connectivity index (χ0n) is 14.1. The molecular formula is C18H18N6O2. The van der Waals surface area contributed by atoms with Crippen LogP contribution >= 0.6 is 0 Å². The number of rotatable bonds is 3. The highest BCUT2D eigenvalue weighted by Crippen LogP contribution is 2.21. The van der Waals surface area contributed by atoms with E-state index in [4.69, 9.17) is 0 Å². The van der Waals surface area contributed by atoms with Crippen molar-refractivity contribution in [2.45, 2.75) is 25.3 Å². The highest BCUT2D eigenvalue weighted by atomic mass is 16.2. The van der Waals surface area contributed by atoms with Gasteiger partial charge in [0.15, 0.2) is 5.65 Å². The van der Waals surface area contributed by atoms with Crippen molar-refractivity contribution >= 4 is 23.1 Å². The molecule has 4 rings (SSSR count). The van der Waals surface area contributed by atoms with Gasteiger partial charge in [0.25, 0.3) is 5.91 Å². The molecule has 8 nitrogen and oxygen atoms in total. The van der Waals surface area contributed by atoms with Gasteiger partial charge in [-0.05, 0) is 43.5 Å². The van der Waals surface area contributed by atoms with E-state index in [1.54, 1.807) is 52.3 Å². The zero-order chi connectivity index (χ0) is 17.9. The fourth-order valence-electron chi connectivity index (χ4n) is 3.23. The lowest BCUT2D eigenvalue weighted by molar-refractivity contribution is -0.121. The first-order valence-electron chi connectivity index (χ1n) is 8.53. The summed E-state index contributed by atoms with van der Waals surface area (Å²) >= 11 is 0. The molecule has 3 aromatic heterocycles. The van der Waals surface area contributed by atoms with Crippen molar-refractivity contribution in [2.24, 2.45) is 0 Å². The highest BCUT2D eigenvalue weighted by Gasteiger charge is 2.32. The maximum atomic E-state index is 12.8. The Bertz CT molecular complexity index is 939. The van der Waals surface area contributed by atoms with Gasteiger partial charge >= 0.3 is 0 Å². The molecule has 4 heterocycles. The monoisotopic (exact) mass is 350 g/mol. The van der Waals surface area contributed by atoms with Gasteiger partial charge in [-0.15, -0.1) is 10.2 Å². The number of amides is 2. The van der Waals surface area contributed by atoms with Crippen LogP contribution in [-0.2, 0) is 4.79 Å². The van der Waals surface area contributed by atoms with Crippen LogP contribution in [0.15, 0.2) is 49.2 Å². The predicted molar refractivity (Wildman–Crippen MR) is 94.5 cm³/mol. The van der Waals surface area contributed by atoms with Gasteiger partial charge in [0.1, 0.15) is 12.4 Å². The van der Waals surface area contributed by atoms with Crippen LogP contribution in [-0.4, -0.2) is 48.9 Å². The van der Waals surface area contributed by atoms with E-state index in [0.717, 1.165) is 12.8 Å². The zero-order valence-corrected chi connectivity index (χ0v) is 14.1. The topological polar surface area (TPSA) is 92.5 Å². The molecule has 2 amide bonds. The Kier molecular flexibility index (Phi) is 4.30. The van der Waals surface area contributed by atoms with Crippen molar-refractivity contribution in [1.82, 2.24) is 24.5 Å². The molecule has 0 bridgehead atoms. The molecule has 1 saturated heterocycles. The molecule has 1 unspecified atom stereocenters. The molecule has 1 fully saturated rings. The van der Waals surface area contributed by atoms with Crippen LogP contribution in [0.25, 0.3) is 5.65 Å². The van der Waals surface area contributed by atoms with Crippen molar-refractivity contribution in [1.29, 1.82) is 0 Å². The number of aromatic nitrogens is 4. The minimum atomic E-state index is -0.493. The second-order valence-corrected chi connectivity index (χ2v) is 6.26. The number of piperidine rings is 1. The van der Waals surface area contributed by atoms with Crippen LogP contribution in [0.3, 0.4) is 0 Å². The van der Waals surface area contributed by atoms with Crippen LogP contribution in [0.1, 0.15) is 29.6 Å². The van der Waals surface area contributed by atoms with E-state index in [2.05, 4.69) is 20.5 Å². The average molecular weight is 350 g/mol. The molecule has 0 radical (unpaired) electrons. The van der Waals surface area contributed by atoms with Crippen LogP contribution in [0, 0.1) is 0 Å². The normalized spacial score (nSPS) is 17.2. The molecule has 0 saturated carbocycles. The molecule has 8 heteroatoms. The van der Waals surface area contributed by atoms with E-state index >= 15 is 0 Å². The lowest BCUT2D eigenvalue weighted by atomic mass is 10.00. The summed E-state index contributed by atoms with van der Waals surface area (Å²) in [6.07, 6.45) is 8.94. The number of nitrogens with zero attached hydrogens (tertiary/aromatic N) is 5. The minimum absolute atomic E-state index is 0.160. The SMILES string of the molecule is O=C(Nc1ccc2nncn2c1)C1CCCCN1C(=O)c1cccnc1. The standard InChI is InChI=1S/C18H18N6O2/c25-17(21-14-6-7-16-22-20-12-23(16)11-14)15-5-1-2-9-24(15)18(26)13-4-3-8-19-10-13/h3-4,6-8,10-12,15H,1-2,5,9H2,(H,21,25). The number of carbonyl (C=O) groups is 2. The molecule has 1 aliphatic heterocycles. The fraction of sp³-hybridized carbons (Fsp3) is 0.278. The third kappa shape index (κ3) is 3.13. The number of hydrogen-bond donors (Lipinski definition) is 1. The third-order valence-electron chi connectivity index (χ3n) is 4.53. The molecule has 1 N–H and O–H groups in total. The molecule has 132 valence electrons. The molecular weight excluding hydrogens is 332 g/mol. The summed E-state index contributed by atoms with van der Waals surface area (Å²) in [6.45, 7) is 0.566. The maximum Gasteiger partial charge on any atom is 0.256 e. The first-order chi connectivity index (χ1) is 12.7. The number of pyridine rings is 2. The van der Waals surface area contributed by atoms with Gasteiger partial charge in [-0.2, -0.15) is 0 Å². The largest absolute Gasteiger partial charge is 0.327 e. The summed E-state index contributed by atoms with van der Waals surface area (Å²) in [5, 5.41) is 10.7. The first kappa shape index (κ1) is 16.2. The van der Waals surface area contributed by atoms with E-state index in [9.17, 15) is 9.59 Å². The van der Waals surface area contributed by atoms with E-state index < -0.39 is 6.04 Å². The van der Waals surface area contributed by atoms with E-state index in [1.165, 1.54) is 6.20 Å². The number of likely N-dealkylation sites (tertiary alicyclic amines) is 1. The predicted octanol–water partition coefficient (Wildman–Crippen LogP) is 1.76. The van der Waals surface area contributed by atoms with Gasteiger partial charge < -0.3 is 10.2 Å². The molecule has 0 aromatic carbocycles. The van der Waals surface area contributed by atoms with Crippen molar-refractivity contribution in [3.8, 4) is 0 Å². The van der Waals surface area contributed by atoms with Gasteiger partial charge in [0.05, 0.1) is 11.3 Å². The molecule has 1 aliphatic rings. The van der Waals surface area contributed by atoms with Gasteiger partial charge in [-0.3, -0.25) is 19.0 Å². The van der Waals surface area contributed by atoms with Crippen LogP contribution in [0.5, 0.6) is 0 Å². The average Bonchev–Trinajstić information content (AvgIpc) is 3.16. The van der Waals surface area contributed by atoms with Gasteiger partial charge in [-0.1, -0.05) is 0 Å². The van der Waals surface area contributed by atoms with E-state index in [-0.39, 0.29) is 11.8 Å². The Balaban J connectivity index is 1.53. The van der Waals surface area contributed by atoms with Gasteiger partial charge in [0.2, 0.25) is 5.91 Å². The summed E-state index contributed by atoms with van der Waals surface area (Å²) in [6, 6.07) is 6.51. The minimum Gasteiger partial charge on any atom is -0.327 e. The van der Waals surface area contributed by atoms with E-state index in [0.29, 0.717) is 29.9 Å². The molecule has 0 spiro atoms. The van der Waals surface area contributed by atoms with Crippen molar-refractivity contribution in [2.75, 3.05) is 11.9 Å². The Morgan fingerprint density at radius 2 is 2.12 bits per heavy atom. The summed E-state index contributed by atoms with van der Waals surface area (Å²) in [4.78, 5) is 31.3. The number of hydrogen-bond acceptors (Lipinski definition) is 5. The highest BCUT2D eigenvalue weighted by molar-refractivity contribution is 6.01. The fourth-order valence-corrected chi connectivity index (χ4v) is 3.23. The van der Waals surface area contributed by atoms with Gasteiger partial charge in [-0.25, -0.2) is 0 Å². The number of anilines is 1. The second-order valence-electron chi connectivity index (χ2n) is 6.26. The number of carbonyl (C=O) groups excluding carboxylic acids is 2. The lowest BCUT2D eigenvalue weighted by Crippen LogP contribution is -2.50. The Morgan fingerprint density at radius 3 is 2.96 bits per heavy atom. The van der Waals surface area contributed by atoms with Crippen molar-refractivity contribution in [3.63, 3.8) is 0 Å². The van der Waals surface area contributed by atoms with Gasteiger partial charge in [0, 0.05) is 25.1 Å². The van der Waals surface area contributed by atoms with Crippen molar-refractivity contribution < 1.29 is 9.59 Å². The summed E-state index contributed by atoms with van der Waals surface area (Å²) in [5.41, 5.74) is 1.84. The van der Waals surface area contributed by atoms with Crippen LogP contribution in [0.2, 0.25) is 0 Å². The van der Waals surface area contributed by atoms with Crippen LogP contribution in [0.4, 0.5) is 5.69 Å². The Labute approximate surface area is 149 Å². The summed E-state index contributed by atoms with van der Waals surface area (Å²) in [7, 11) is 0. The maximum absolute atomic E-state index is 12.8. The lowest BCUT2D eigenvalue weighted by Gasteiger charge is -2.34. The summed E-state index contributed by atoms with van der Waals surface area (Å²) < 4.78 is 1.73.